The first-order chi connectivity index (χ1) is 3.41. The summed E-state index contributed by atoms with van der Waals surface area (Å²) in [6.07, 6.45) is 1.68. The molecule has 0 bridgehead atoms. The predicted molar refractivity (Wildman–Crippen MR) is 30.1 cm³/mol. The van der Waals surface area contributed by atoms with Gasteiger partial charge in [0.05, 0.1) is 0 Å². The van der Waals surface area contributed by atoms with E-state index >= 15 is 0 Å². The maximum Gasteiger partial charge on any atom is 0.293 e. The number of halogens is 1. The Labute approximate surface area is 50.3 Å². The fraction of sp³-hybridized carbons (Fsp3) is 0.250. The smallest absolute Gasteiger partial charge is 0.293 e. The second kappa shape index (κ2) is 5.69. The molecule has 0 aliphatic carbocycles. The maximum absolute atomic E-state index is 9.41. The SMILES string of the molecule is O=COCC=CBr. The molecule has 40 valence electrons. The molecule has 0 rings (SSSR count). The average molecular weight is 165 g/mol. The highest BCUT2D eigenvalue weighted by molar-refractivity contribution is 9.11. The summed E-state index contributed by atoms with van der Waals surface area (Å²) in [7, 11) is 0. The first-order valence-corrected chi connectivity index (χ1v) is 2.64. The Morgan fingerprint density at radius 2 is 2.43 bits per heavy atom. The molecule has 0 aliphatic rings. The monoisotopic (exact) mass is 164 g/mol. The van der Waals surface area contributed by atoms with Gasteiger partial charge in [-0.25, -0.2) is 0 Å². The molecule has 0 N–H and O–H groups in total. The van der Waals surface area contributed by atoms with Crippen molar-refractivity contribution in [3.05, 3.63) is 11.1 Å². The minimum atomic E-state index is 0.342. The van der Waals surface area contributed by atoms with Crippen LogP contribution < -0.4 is 0 Å². The molecule has 0 radical (unpaired) electrons. The third-order valence-corrected chi connectivity index (χ3v) is 0.723. The molecule has 0 saturated heterocycles. The van der Waals surface area contributed by atoms with Crippen molar-refractivity contribution >= 4 is 22.4 Å². The van der Waals surface area contributed by atoms with Crippen LogP contribution in [-0.4, -0.2) is 13.1 Å². The van der Waals surface area contributed by atoms with Crippen LogP contribution in [0, 0.1) is 0 Å². The lowest BCUT2D eigenvalue weighted by atomic mass is 10.7. The van der Waals surface area contributed by atoms with E-state index in [0.717, 1.165) is 0 Å². The quantitative estimate of drug-likeness (QED) is 0.461. The van der Waals surface area contributed by atoms with E-state index in [1.165, 1.54) is 0 Å². The first kappa shape index (κ1) is 6.69. The third kappa shape index (κ3) is 5.69. The number of carbonyl (C=O) groups is 1. The van der Waals surface area contributed by atoms with Gasteiger partial charge in [0.25, 0.3) is 6.47 Å². The predicted octanol–water partition coefficient (Wildman–Crippen LogP) is 1.07. The van der Waals surface area contributed by atoms with Crippen molar-refractivity contribution in [2.24, 2.45) is 0 Å². The van der Waals surface area contributed by atoms with Gasteiger partial charge in [0.15, 0.2) is 0 Å². The largest absolute Gasteiger partial charge is 0.464 e. The van der Waals surface area contributed by atoms with Crippen LogP contribution in [-0.2, 0) is 9.53 Å². The number of hydrogen-bond donors (Lipinski definition) is 0. The summed E-state index contributed by atoms with van der Waals surface area (Å²) in [5.74, 6) is 0. The molecule has 0 aliphatic heterocycles. The lowest BCUT2D eigenvalue weighted by molar-refractivity contribution is -0.127. The van der Waals surface area contributed by atoms with Crippen LogP contribution in [0.5, 0.6) is 0 Å². The van der Waals surface area contributed by atoms with Crippen molar-refractivity contribution in [2.45, 2.75) is 0 Å². The molecule has 0 aromatic carbocycles. The van der Waals surface area contributed by atoms with E-state index in [1.807, 2.05) is 0 Å². The van der Waals surface area contributed by atoms with E-state index in [4.69, 9.17) is 0 Å². The van der Waals surface area contributed by atoms with E-state index in [-0.39, 0.29) is 0 Å². The summed E-state index contributed by atoms with van der Waals surface area (Å²) in [5, 5.41) is 0. The standard InChI is InChI=1S/C4H5BrO2/c5-2-1-3-7-4-6/h1-2,4H,3H2. The summed E-state index contributed by atoms with van der Waals surface area (Å²) in [6, 6.07) is 0. The van der Waals surface area contributed by atoms with E-state index in [9.17, 15) is 4.79 Å². The van der Waals surface area contributed by atoms with Crippen molar-refractivity contribution in [3.63, 3.8) is 0 Å². The van der Waals surface area contributed by atoms with Crippen LogP contribution in [0.2, 0.25) is 0 Å². The highest BCUT2D eigenvalue weighted by Crippen LogP contribution is 1.80. The fourth-order valence-electron chi connectivity index (χ4n) is 0.131. The lowest BCUT2D eigenvalue weighted by Crippen LogP contribution is -1.83. The Kier molecular flexibility index (Phi) is 5.44. The Balaban J connectivity index is 2.82. The Morgan fingerprint density at radius 1 is 1.71 bits per heavy atom. The second-order valence-corrected chi connectivity index (χ2v) is 1.32. The number of rotatable bonds is 3. The fourth-order valence-corrected chi connectivity index (χ4v) is 0.284. The summed E-state index contributed by atoms with van der Waals surface area (Å²) in [5.41, 5.74) is 0. The minimum absolute atomic E-state index is 0.342. The first-order valence-electron chi connectivity index (χ1n) is 1.72. The van der Waals surface area contributed by atoms with Gasteiger partial charge in [0, 0.05) is 0 Å². The summed E-state index contributed by atoms with van der Waals surface area (Å²) in [6.45, 7) is 0.752. The van der Waals surface area contributed by atoms with Crippen LogP contribution in [0.3, 0.4) is 0 Å². The topological polar surface area (TPSA) is 26.3 Å². The molecular formula is C4H5BrO2. The van der Waals surface area contributed by atoms with Crippen molar-refractivity contribution in [2.75, 3.05) is 6.61 Å². The van der Waals surface area contributed by atoms with Crippen LogP contribution in [0.1, 0.15) is 0 Å². The molecule has 0 fully saturated rings. The number of hydrogen-bond acceptors (Lipinski definition) is 2. The van der Waals surface area contributed by atoms with Gasteiger partial charge in [-0.05, 0) is 11.1 Å². The van der Waals surface area contributed by atoms with Crippen molar-refractivity contribution in [3.8, 4) is 0 Å². The molecule has 0 saturated carbocycles. The zero-order valence-corrected chi connectivity index (χ0v) is 5.22. The van der Waals surface area contributed by atoms with Gasteiger partial charge in [0.1, 0.15) is 6.61 Å². The molecule has 0 aromatic rings. The highest BCUT2D eigenvalue weighted by Gasteiger charge is 1.69. The highest BCUT2D eigenvalue weighted by atomic mass is 79.9. The van der Waals surface area contributed by atoms with Crippen molar-refractivity contribution in [1.29, 1.82) is 0 Å². The maximum atomic E-state index is 9.41. The van der Waals surface area contributed by atoms with Gasteiger partial charge >= 0.3 is 0 Å². The van der Waals surface area contributed by atoms with Gasteiger partial charge in [-0.3, -0.25) is 4.79 Å². The molecule has 0 unspecified atom stereocenters. The van der Waals surface area contributed by atoms with Gasteiger partial charge in [-0.15, -0.1) is 0 Å². The van der Waals surface area contributed by atoms with Gasteiger partial charge in [-0.2, -0.15) is 0 Å². The molecule has 0 heterocycles. The van der Waals surface area contributed by atoms with Crippen LogP contribution >= 0.6 is 15.9 Å². The zero-order chi connectivity index (χ0) is 5.54. The molecule has 3 heteroatoms. The summed E-state index contributed by atoms with van der Waals surface area (Å²) in [4.78, 5) is 11.0. The average Bonchev–Trinajstić information content (AvgIpc) is 1.69. The molecule has 0 aromatic heterocycles. The van der Waals surface area contributed by atoms with Crippen molar-refractivity contribution in [1.82, 2.24) is 0 Å². The normalized spacial score (nSPS) is 9.29. The Bertz CT molecular complexity index is 70.1. The lowest BCUT2D eigenvalue weighted by Gasteiger charge is -1.83. The van der Waals surface area contributed by atoms with E-state index in [0.29, 0.717) is 13.1 Å². The molecule has 0 atom stereocenters. The van der Waals surface area contributed by atoms with Crippen LogP contribution in [0.15, 0.2) is 11.1 Å². The van der Waals surface area contributed by atoms with Gasteiger partial charge in [0.2, 0.25) is 0 Å². The molecular weight excluding hydrogens is 160 g/mol. The van der Waals surface area contributed by atoms with Crippen LogP contribution in [0.4, 0.5) is 0 Å². The van der Waals surface area contributed by atoms with Crippen molar-refractivity contribution < 1.29 is 9.53 Å². The Morgan fingerprint density at radius 3 is 2.86 bits per heavy atom. The zero-order valence-electron chi connectivity index (χ0n) is 3.63. The van der Waals surface area contributed by atoms with E-state index in [2.05, 4.69) is 20.7 Å². The van der Waals surface area contributed by atoms with Gasteiger partial charge < -0.3 is 4.74 Å². The Hall–Kier alpha value is -0.310. The number of carbonyl (C=O) groups excluding carboxylic acids is 1. The molecule has 7 heavy (non-hydrogen) atoms. The molecule has 0 amide bonds. The van der Waals surface area contributed by atoms with E-state index < -0.39 is 0 Å². The minimum Gasteiger partial charge on any atom is -0.464 e. The molecule has 2 nitrogen and oxygen atoms in total. The van der Waals surface area contributed by atoms with Crippen LogP contribution in [0.25, 0.3) is 0 Å². The summed E-state index contributed by atoms with van der Waals surface area (Å²) < 4.78 is 4.28. The third-order valence-electron chi connectivity index (χ3n) is 0.350. The van der Waals surface area contributed by atoms with Gasteiger partial charge in [-0.1, -0.05) is 15.9 Å². The number of ether oxygens (including phenoxy) is 1. The summed E-state index contributed by atoms with van der Waals surface area (Å²) >= 11 is 3.00. The van der Waals surface area contributed by atoms with E-state index in [1.54, 1.807) is 11.1 Å². The second-order valence-electron chi connectivity index (χ2n) is 0.791. The molecule has 0 spiro atoms.